The quantitative estimate of drug-likeness (QED) is 0.0357. The highest BCUT2D eigenvalue weighted by Gasteiger charge is 2.19. The van der Waals surface area contributed by atoms with E-state index in [2.05, 4.69) is 34.6 Å². The van der Waals surface area contributed by atoms with E-state index in [4.69, 9.17) is 14.2 Å². The lowest BCUT2D eigenvalue weighted by molar-refractivity contribution is -0.167. The van der Waals surface area contributed by atoms with E-state index in [-0.39, 0.29) is 31.1 Å². The first-order valence-electron chi connectivity index (χ1n) is 22.3. The third-order valence-electron chi connectivity index (χ3n) is 10.3. The van der Waals surface area contributed by atoms with E-state index in [0.717, 1.165) is 69.6 Å². The van der Waals surface area contributed by atoms with Crippen LogP contribution in [0.4, 0.5) is 0 Å². The van der Waals surface area contributed by atoms with Gasteiger partial charge in [-0.15, -0.1) is 0 Å². The molecular weight excluding hydrogens is 636 g/mol. The molecule has 51 heavy (non-hydrogen) atoms. The Hall–Kier alpha value is -1.59. The molecule has 0 fully saturated rings. The summed E-state index contributed by atoms with van der Waals surface area (Å²) in [7, 11) is 0. The molecule has 0 aromatic heterocycles. The van der Waals surface area contributed by atoms with Gasteiger partial charge in [-0.3, -0.25) is 14.4 Å². The Morgan fingerprint density at radius 2 is 0.745 bits per heavy atom. The van der Waals surface area contributed by atoms with E-state index in [0.29, 0.717) is 19.3 Å². The fourth-order valence-electron chi connectivity index (χ4n) is 6.54. The van der Waals surface area contributed by atoms with Crippen LogP contribution in [0.5, 0.6) is 0 Å². The summed E-state index contributed by atoms with van der Waals surface area (Å²) in [5.74, 6) is 0.763. The van der Waals surface area contributed by atoms with Crippen LogP contribution in [0.1, 0.15) is 240 Å². The minimum Gasteiger partial charge on any atom is -0.462 e. The average Bonchev–Trinajstić information content (AvgIpc) is 3.11. The zero-order valence-corrected chi connectivity index (χ0v) is 34.7. The van der Waals surface area contributed by atoms with E-state index in [1.807, 2.05) is 0 Å². The molecule has 0 rings (SSSR count). The van der Waals surface area contributed by atoms with E-state index >= 15 is 0 Å². The molecule has 302 valence electrons. The Balaban J connectivity index is 4.36. The van der Waals surface area contributed by atoms with Gasteiger partial charge in [-0.2, -0.15) is 0 Å². The normalized spacial score (nSPS) is 12.6. The van der Waals surface area contributed by atoms with Gasteiger partial charge < -0.3 is 14.2 Å². The van der Waals surface area contributed by atoms with Crippen molar-refractivity contribution in [2.75, 3.05) is 13.2 Å². The molecule has 6 heteroatoms. The summed E-state index contributed by atoms with van der Waals surface area (Å²) >= 11 is 0. The molecule has 0 aliphatic rings. The van der Waals surface area contributed by atoms with Crippen molar-refractivity contribution in [3.05, 3.63) is 0 Å². The molecule has 0 heterocycles. The summed E-state index contributed by atoms with van der Waals surface area (Å²) in [4.78, 5) is 37.6. The Labute approximate surface area is 317 Å². The van der Waals surface area contributed by atoms with Gasteiger partial charge in [0.15, 0.2) is 6.10 Å². The summed E-state index contributed by atoms with van der Waals surface area (Å²) in [5, 5.41) is 0. The highest BCUT2D eigenvalue weighted by Crippen LogP contribution is 2.17. The first-order valence-corrected chi connectivity index (χ1v) is 22.3. The van der Waals surface area contributed by atoms with Crippen LogP contribution in [0.15, 0.2) is 0 Å². The van der Waals surface area contributed by atoms with Gasteiger partial charge in [0, 0.05) is 19.3 Å². The minimum atomic E-state index is -0.760. The van der Waals surface area contributed by atoms with Gasteiger partial charge >= 0.3 is 17.9 Å². The van der Waals surface area contributed by atoms with Crippen LogP contribution in [-0.2, 0) is 28.6 Å². The molecule has 6 nitrogen and oxygen atoms in total. The summed E-state index contributed by atoms with van der Waals surface area (Å²) in [5.41, 5.74) is 0. The highest BCUT2D eigenvalue weighted by atomic mass is 16.6. The molecule has 1 unspecified atom stereocenters. The number of hydrogen-bond acceptors (Lipinski definition) is 6. The molecule has 0 N–H and O–H groups in total. The topological polar surface area (TPSA) is 78.9 Å². The Morgan fingerprint density at radius 3 is 1.12 bits per heavy atom. The number of esters is 3. The van der Waals surface area contributed by atoms with Crippen molar-refractivity contribution >= 4 is 17.9 Å². The predicted molar refractivity (Wildman–Crippen MR) is 215 cm³/mol. The number of carbonyl (C=O) groups is 3. The van der Waals surface area contributed by atoms with Gasteiger partial charge in [0.1, 0.15) is 13.2 Å². The second kappa shape index (κ2) is 38.1. The van der Waals surface area contributed by atoms with E-state index in [9.17, 15) is 14.4 Å². The fraction of sp³-hybridized carbons (Fsp3) is 0.933. The molecule has 0 saturated heterocycles. The van der Waals surface area contributed by atoms with Gasteiger partial charge in [-0.05, 0) is 31.1 Å². The number of unbranched alkanes of at least 4 members (excludes halogenated alkanes) is 23. The van der Waals surface area contributed by atoms with Crippen molar-refractivity contribution in [1.82, 2.24) is 0 Å². The van der Waals surface area contributed by atoms with E-state index in [1.54, 1.807) is 0 Å². The molecule has 0 saturated carbocycles. The molecular formula is C45H86O6. The van der Waals surface area contributed by atoms with Gasteiger partial charge in [-0.25, -0.2) is 0 Å². The van der Waals surface area contributed by atoms with Crippen LogP contribution >= 0.6 is 0 Å². The lowest BCUT2D eigenvalue weighted by atomic mass is 9.99. The van der Waals surface area contributed by atoms with Gasteiger partial charge in [0.05, 0.1) is 0 Å². The molecule has 0 bridgehead atoms. The van der Waals surface area contributed by atoms with Crippen molar-refractivity contribution in [2.45, 2.75) is 246 Å². The lowest BCUT2D eigenvalue weighted by Gasteiger charge is -2.18. The number of rotatable bonds is 39. The zero-order chi connectivity index (χ0) is 37.6. The maximum atomic E-state index is 12.7. The van der Waals surface area contributed by atoms with Crippen molar-refractivity contribution < 1.29 is 28.6 Å². The summed E-state index contributed by atoms with van der Waals surface area (Å²) in [6.45, 7) is 11.3. The molecule has 0 aromatic rings. The molecule has 0 aliphatic heterocycles. The Bertz CT molecular complexity index is 781. The van der Waals surface area contributed by atoms with Crippen molar-refractivity contribution in [3.8, 4) is 0 Å². The Morgan fingerprint density at radius 1 is 0.412 bits per heavy atom. The third-order valence-corrected chi connectivity index (χ3v) is 10.3. The summed E-state index contributed by atoms with van der Waals surface area (Å²) in [6, 6.07) is 0. The molecule has 0 amide bonds. The first kappa shape index (κ1) is 49.4. The van der Waals surface area contributed by atoms with Gasteiger partial charge in [-0.1, -0.05) is 202 Å². The highest BCUT2D eigenvalue weighted by molar-refractivity contribution is 5.71. The number of carbonyl (C=O) groups excluding carboxylic acids is 3. The summed E-state index contributed by atoms with van der Waals surface area (Å²) in [6.07, 6.45) is 35.2. The van der Waals surface area contributed by atoms with Crippen LogP contribution < -0.4 is 0 Å². The second-order valence-corrected chi connectivity index (χ2v) is 16.1. The van der Waals surface area contributed by atoms with Crippen molar-refractivity contribution in [3.63, 3.8) is 0 Å². The van der Waals surface area contributed by atoms with Gasteiger partial charge in [0.25, 0.3) is 0 Å². The monoisotopic (exact) mass is 723 g/mol. The maximum absolute atomic E-state index is 12.7. The van der Waals surface area contributed by atoms with Crippen molar-refractivity contribution in [1.29, 1.82) is 0 Å². The average molecular weight is 723 g/mol. The second-order valence-electron chi connectivity index (χ2n) is 16.1. The standard InChI is InChI=1S/C45H86O6/c1-6-8-9-10-11-12-13-14-20-25-30-35-43(46)49-38-42(39-50-44(47)36-31-26-22-17-18-23-28-33-40(3)4)51-45(48)37-32-27-21-16-15-19-24-29-34-41(5)7-2/h40-42H,6-39H2,1-5H3/t41?,42-/m0/s1. The number of hydrogen-bond donors (Lipinski definition) is 0. The van der Waals surface area contributed by atoms with Crippen LogP contribution in [0, 0.1) is 11.8 Å². The third kappa shape index (κ3) is 38.0. The van der Waals surface area contributed by atoms with Crippen LogP contribution in [0.3, 0.4) is 0 Å². The summed E-state index contributed by atoms with van der Waals surface area (Å²) < 4.78 is 16.7. The van der Waals surface area contributed by atoms with E-state index in [1.165, 1.54) is 128 Å². The predicted octanol–water partition coefficient (Wildman–Crippen LogP) is 13.8. The fourth-order valence-corrected chi connectivity index (χ4v) is 6.54. The smallest absolute Gasteiger partial charge is 0.306 e. The minimum absolute atomic E-state index is 0.0657. The zero-order valence-electron chi connectivity index (χ0n) is 34.7. The largest absolute Gasteiger partial charge is 0.462 e. The van der Waals surface area contributed by atoms with Crippen LogP contribution in [0.2, 0.25) is 0 Å². The van der Waals surface area contributed by atoms with Gasteiger partial charge in [0.2, 0.25) is 0 Å². The SMILES string of the molecule is CCCCCCCCCCCCCC(=O)OC[C@@H](COC(=O)CCCCCCCCCC(C)C)OC(=O)CCCCCCCCCCC(C)CC. The molecule has 0 aromatic carbocycles. The van der Waals surface area contributed by atoms with Crippen LogP contribution in [-0.4, -0.2) is 37.2 Å². The molecule has 0 aliphatic carbocycles. The van der Waals surface area contributed by atoms with Crippen LogP contribution in [0.25, 0.3) is 0 Å². The van der Waals surface area contributed by atoms with E-state index < -0.39 is 6.10 Å². The lowest BCUT2D eigenvalue weighted by Crippen LogP contribution is -2.30. The number of ether oxygens (including phenoxy) is 3. The Kier molecular flexibility index (Phi) is 37.0. The van der Waals surface area contributed by atoms with Crippen molar-refractivity contribution in [2.24, 2.45) is 11.8 Å². The maximum Gasteiger partial charge on any atom is 0.306 e. The molecule has 0 spiro atoms. The molecule has 0 radical (unpaired) electrons. The molecule has 2 atom stereocenters. The first-order chi connectivity index (χ1) is 24.8.